The summed E-state index contributed by atoms with van der Waals surface area (Å²) in [5.41, 5.74) is 0.891. The van der Waals surface area contributed by atoms with Crippen LogP contribution in [0, 0.1) is 0 Å². The van der Waals surface area contributed by atoms with Gasteiger partial charge in [0.2, 0.25) is 15.9 Å². The van der Waals surface area contributed by atoms with E-state index in [2.05, 4.69) is 5.32 Å². The Bertz CT molecular complexity index is 1030. The summed E-state index contributed by atoms with van der Waals surface area (Å²) in [6.45, 7) is 1.46. The van der Waals surface area contributed by atoms with Crippen LogP contribution < -0.4 is 5.32 Å². The normalized spacial score (nSPS) is 14.9. The Morgan fingerprint density at radius 3 is 1.93 bits per heavy atom. The molecule has 1 heterocycles. The van der Waals surface area contributed by atoms with E-state index in [0.29, 0.717) is 5.69 Å². The van der Waals surface area contributed by atoms with Gasteiger partial charge in [0.25, 0.3) is 11.8 Å². The summed E-state index contributed by atoms with van der Waals surface area (Å²) in [5.74, 6) is -1.59. The summed E-state index contributed by atoms with van der Waals surface area (Å²) in [7, 11) is -0.723. The highest BCUT2D eigenvalue weighted by molar-refractivity contribution is 7.89. The molecule has 3 rings (SSSR count). The van der Waals surface area contributed by atoms with E-state index in [9.17, 15) is 22.8 Å². The van der Waals surface area contributed by atoms with Crippen LogP contribution in [0.5, 0.6) is 0 Å². The van der Waals surface area contributed by atoms with E-state index >= 15 is 0 Å². The molecule has 0 aromatic heterocycles. The SMILES string of the molecule is C[C@H](C(=O)Nc1ccc(S(=O)(=O)N(C)C)cc1)N1C(=O)c2ccccc2C1=O. The first-order valence-corrected chi connectivity index (χ1v) is 9.89. The van der Waals surface area contributed by atoms with Crippen molar-refractivity contribution < 1.29 is 22.8 Å². The van der Waals surface area contributed by atoms with Gasteiger partial charge < -0.3 is 5.32 Å². The standard InChI is InChI=1S/C19H19N3O5S/c1-12(22-18(24)15-6-4-5-7-16(15)19(22)25)17(23)20-13-8-10-14(11-9-13)28(26,27)21(2)3/h4-12H,1-3H3,(H,20,23)/t12-/m1/s1. The van der Waals surface area contributed by atoms with E-state index in [0.717, 1.165) is 9.21 Å². The van der Waals surface area contributed by atoms with Gasteiger partial charge in [-0.3, -0.25) is 19.3 Å². The molecule has 1 aliphatic rings. The molecular weight excluding hydrogens is 382 g/mol. The quantitative estimate of drug-likeness (QED) is 0.766. The highest BCUT2D eigenvalue weighted by atomic mass is 32.2. The van der Waals surface area contributed by atoms with Crippen LogP contribution in [0.4, 0.5) is 5.69 Å². The number of nitrogens with one attached hydrogen (secondary N) is 1. The van der Waals surface area contributed by atoms with Crippen LogP contribution >= 0.6 is 0 Å². The van der Waals surface area contributed by atoms with Crippen LogP contribution in [0.1, 0.15) is 27.6 Å². The maximum absolute atomic E-state index is 12.5. The lowest BCUT2D eigenvalue weighted by Crippen LogP contribution is -2.45. The number of hydrogen-bond acceptors (Lipinski definition) is 5. The van der Waals surface area contributed by atoms with Crippen LogP contribution in [0.25, 0.3) is 0 Å². The molecule has 0 saturated carbocycles. The molecule has 1 aliphatic heterocycles. The molecule has 0 bridgehead atoms. The predicted octanol–water partition coefficient (Wildman–Crippen LogP) is 1.56. The van der Waals surface area contributed by atoms with Crippen molar-refractivity contribution in [2.24, 2.45) is 0 Å². The molecule has 0 unspecified atom stereocenters. The first-order chi connectivity index (χ1) is 13.1. The lowest BCUT2D eigenvalue weighted by molar-refractivity contribution is -0.119. The molecule has 146 valence electrons. The van der Waals surface area contributed by atoms with E-state index in [1.807, 2.05) is 0 Å². The van der Waals surface area contributed by atoms with Crippen LogP contribution in [-0.4, -0.2) is 55.5 Å². The second-order valence-corrected chi connectivity index (χ2v) is 8.65. The van der Waals surface area contributed by atoms with Gasteiger partial charge in [0, 0.05) is 19.8 Å². The number of nitrogens with zero attached hydrogens (tertiary/aromatic N) is 2. The van der Waals surface area contributed by atoms with Gasteiger partial charge in [-0.25, -0.2) is 12.7 Å². The summed E-state index contributed by atoms with van der Waals surface area (Å²) in [6.07, 6.45) is 0. The maximum Gasteiger partial charge on any atom is 0.262 e. The number of carbonyl (C=O) groups is 3. The van der Waals surface area contributed by atoms with Crippen LogP contribution in [0.2, 0.25) is 0 Å². The van der Waals surface area contributed by atoms with Crippen molar-refractivity contribution in [2.45, 2.75) is 17.9 Å². The highest BCUT2D eigenvalue weighted by Crippen LogP contribution is 2.25. The van der Waals surface area contributed by atoms with Crippen molar-refractivity contribution in [1.29, 1.82) is 0 Å². The lowest BCUT2D eigenvalue weighted by Gasteiger charge is -2.21. The molecule has 0 aliphatic carbocycles. The third-order valence-electron chi connectivity index (χ3n) is 4.49. The van der Waals surface area contributed by atoms with Crippen molar-refractivity contribution in [1.82, 2.24) is 9.21 Å². The van der Waals surface area contributed by atoms with E-state index in [1.165, 1.54) is 45.3 Å². The van der Waals surface area contributed by atoms with Crippen LogP contribution in [0.15, 0.2) is 53.4 Å². The van der Waals surface area contributed by atoms with Gasteiger partial charge in [-0.1, -0.05) is 12.1 Å². The van der Waals surface area contributed by atoms with Crippen molar-refractivity contribution in [3.63, 3.8) is 0 Å². The van der Waals surface area contributed by atoms with Crippen molar-refractivity contribution >= 4 is 33.4 Å². The zero-order valence-corrected chi connectivity index (χ0v) is 16.4. The summed E-state index contributed by atoms with van der Waals surface area (Å²) >= 11 is 0. The fraction of sp³-hybridized carbons (Fsp3) is 0.211. The molecule has 28 heavy (non-hydrogen) atoms. The Balaban J connectivity index is 1.75. The molecular formula is C19H19N3O5S. The van der Waals surface area contributed by atoms with Gasteiger partial charge in [-0.15, -0.1) is 0 Å². The van der Waals surface area contributed by atoms with Crippen LogP contribution in [0.3, 0.4) is 0 Å². The molecule has 0 saturated heterocycles. The molecule has 3 amide bonds. The van der Waals surface area contributed by atoms with E-state index < -0.39 is 33.8 Å². The van der Waals surface area contributed by atoms with E-state index in [1.54, 1.807) is 24.3 Å². The Hall–Kier alpha value is -3.04. The summed E-state index contributed by atoms with van der Waals surface area (Å²) < 4.78 is 25.3. The number of fused-ring (bicyclic) bond motifs is 1. The number of imide groups is 1. The van der Waals surface area contributed by atoms with Gasteiger partial charge in [0.15, 0.2) is 0 Å². The molecule has 2 aromatic rings. The number of hydrogen-bond donors (Lipinski definition) is 1. The molecule has 9 heteroatoms. The van der Waals surface area contributed by atoms with Crippen LogP contribution in [-0.2, 0) is 14.8 Å². The minimum Gasteiger partial charge on any atom is -0.324 e. The Kier molecular flexibility index (Phi) is 5.05. The van der Waals surface area contributed by atoms with E-state index in [-0.39, 0.29) is 16.0 Å². The smallest absolute Gasteiger partial charge is 0.262 e. The van der Waals surface area contributed by atoms with Gasteiger partial charge in [0.1, 0.15) is 6.04 Å². The van der Waals surface area contributed by atoms with Gasteiger partial charge in [-0.2, -0.15) is 0 Å². The lowest BCUT2D eigenvalue weighted by atomic mass is 10.1. The number of rotatable bonds is 5. The fourth-order valence-electron chi connectivity index (χ4n) is 2.84. The molecule has 8 nitrogen and oxygen atoms in total. The third kappa shape index (κ3) is 3.30. The van der Waals surface area contributed by atoms with Gasteiger partial charge in [-0.05, 0) is 43.3 Å². The average Bonchev–Trinajstić information content (AvgIpc) is 2.92. The van der Waals surface area contributed by atoms with Crippen molar-refractivity contribution in [3.05, 3.63) is 59.7 Å². The molecule has 2 aromatic carbocycles. The summed E-state index contributed by atoms with van der Waals surface area (Å²) in [6, 6.07) is 11.0. The molecule has 0 fully saturated rings. The summed E-state index contributed by atoms with van der Waals surface area (Å²) in [5, 5.41) is 2.60. The number of sulfonamides is 1. The molecule has 1 N–H and O–H groups in total. The fourth-order valence-corrected chi connectivity index (χ4v) is 3.75. The Morgan fingerprint density at radius 1 is 0.964 bits per heavy atom. The number of benzene rings is 2. The van der Waals surface area contributed by atoms with E-state index in [4.69, 9.17) is 0 Å². The zero-order chi connectivity index (χ0) is 20.6. The monoisotopic (exact) mass is 401 g/mol. The first kappa shape index (κ1) is 19.7. The number of anilines is 1. The number of carbonyl (C=O) groups excluding carboxylic acids is 3. The minimum absolute atomic E-state index is 0.0869. The molecule has 1 atom stereocenters. The highest BCUT2D eigenvalue weighted by Gasteiger charge is 2.40. The molecule has 0 spiro atoms. The second kappa shape index (κ2) is 7.17. The first-order valence-electron chi connectivity index (χ1n) is 8.45. The second-order valence-electron chi connectivity index (χ2n) is 6.50. The minimum atomic E-state index is -3.57. The van der Waals surface area contributed by atoms with Gasteiger partial charge >= 0.3 is 0 Å². The third-order valence-corrected chi connectivity index (χ3v) is 6.32. The largest absolute Gasteiger partial charge is 0.324 e. The average molecular weight is 401 g/mol. The van der Waals surface area contributed by atoms with Gasteiger partial charge in [0.05, 0.1) is 16.0 Å². The summed E-state index contributed by atoms with van der Waals surface area (Å²) in [4.78, 5) is 38.5. The Morgan fingerprint density at radius 2 is 1.46 bits per heavy atom. The van der Waals surface area contributed by atoms with Crippen molar-refractivity contribution in [2.75, 3.05) is 19.4 Å². The van der Waals surface area contributed by atoms with Crippen molar-refractivity contribution in [3.8, 4) is 0 Å². The molecule has 0 radical (unpaired) electrons. The predicted molar refractivity (Wildman–Crippen MR) is 102 cm³/mol. The Labute approximate surface area is 162 Å². The number of amides is 3. The maximum atomic E-state index is 12.5. The topological polar surface area (TPSA) is 104 Å². The zero-order valence-electron chi connectivity index (χ0n) is 15.5.